The molecule has 1 atom stereocenters. The molecular weight excluding hydrogens is 352 g/mol. The van der Waals surface area contributed by atoms with Gasteiger partial charge in [-0.05, 0) is 42.2 Å². The third-order valence-corrected chi connectivity index (χ3v) is 3.99. The maximum atomic E-state index is 12.2. The van der Waals surface area contributed by atoms with Crippen LogP contribution in [0.4, 0.5) is 10.5 Å². The van der Waals surface area contributed by atoms with Gasteiger partial charge in [-0.3, -0.25) is 4.79 Å². The summed E-state index contributed by atoms with van der Waals surface area (Å²) in [5.74, 6) is -0.141. The minimum atomic E-state index is -0.650. The number of amides is 3. The number of rotatable bonds is 7. The number of nitrogens with one attached hydrogen (secondary N) is 2. The minimum Gasteiger partial charge on any atom is -0.399 e. The Hall–Kier alpha value is -2.73. The summed E-state index contributed by atoms with van der Waals surface area (Å²) in [4.78, 5) is 23.5. The molecule has 0 aromatic heterocycles. The van der Waals surface area contributed by atoms with Crippen molar-refractivity contribution in [3.63, 3.8) is 0 Å². The fourth-order valence-electron chi connectivity index (χ4n) is 2.68. The summed E-state index contributed by atoms with van der Waals surface area (Å²) in [5, 5.41) is 5.52. The maximum Gasteiger partial charge on any atom is 0.312 e. The van der Waals surface area contributed by atoms with Crippen LogP contribution in [0, 0.1) is 6.92 Å². The predicted octanol–water partition coefficient (Wildman–Crippen LogP) is 2.46. The van der Waals surface area contributed by atoms with Crippen molar-refractivity contribution in [2.45, 2.75) is 25.8 Å². The van der Waals surface area contributed by atoms with Crippen molar-refractivity contribution >= 4 is 30.0 Å². The lowest BCUT2D eigenvalue weighted by molar-refractivity contribution is -0.121. The number of nitrogens with two attached hydrogens (primary N) is 2. The molecule has 2 aromatic rings. The first-order valence-corrected chi connectivity index (χ1v) is 8.18. The smallest absolute Gasteiger partial charge is 0.312 e. The molecule has 26 heavy (non-hydrogen) atoms. The van der Waals surface area contributed by atoms with Gasteiger partial charge >= 0.3 is 6.03 Å². The van der Waals surface area contributed by atoms with Gasteiger partial charge in [0.1, 0.15) is 0 Å². The SMILES string of the molecule is Cc1ccccc1C(CC(=O)NCCc1ccc(N)cc1)NC(N)=O.Cl. The van der Waals surface area contributed by atoms with Crippen molar-refractivity contribution in [1.82, 2.24) is 10.6 Å². The van der Waals surface area contributed by atoms with Crippen LogP contribution in [0.3, 0.4) is 0 Å². The Morgan fingerprint density at radius 3 is 2.35 bits per heavy atom. The molecule has 0 saturated carbocycles. The first-order chi connectivity index (χ1) is 12.0. The van der Waals surface area contributed by atoms with E-state index in [4.69, 9.17) is 11.5 Å². The lowest BCUT2D eigenvalue weighted by Crippen LogP contribution is -2.37. The molecule has 0 fully saturated rings. The Labute approximate surface area is 159 Å². The van der Waals surface area contributed by atoms with E-state index in [1.807, 2.05) is 55.5 Å². The summed E-state index contributed by atoms with van der Waals surface area (Å²) >= 11 is 0. The van der Waals surface area contributed by atoms with Crippen molar-refractivity contribution in [3.8, 4) is 0 Å². The maximum absolute atomic E-state index is 12.2. The van der Waals surface area contributed by atoms with Crippen molar-refractivity contribution in [3.05, 3.63) is 65.2 Å². The molecule has 0 saturated heterocycles. The highest BCUT2D eigenvalue weighted by Crippen LogP contribution is 2.20. The third kappa shape index (κ3) is 6.64. The summed E-state index contributed by atoms with van der Waals surface area (Å²) < 4.78 is 0. The molecule has 0 heterocycles. The second kappa shape index (κ2) is 10.3. The van der Waals surface area contributed by atoms with Gasteiger partial charge in [0.2, 0.25) is 5.91 Å². The molecule has 0 aliphatic rings. The number of aryl methyl sites for hydroxylation is 1. The molecule has 1 unspecified atom stereocenters. The Kier molecular flexibility index (Phi) is 8.45. The topological polar surface area (TPSA) is 110 Å². The van der Waals surface area contributed by atoms with Gasteiger partial charge in [0.25, 0.3) is 0 Å². The number of urea groups is 1. The van der Waals surface area contributed by atoms with Crippen LogP contribution < -0.4 is 22.1 Å². The van der Waals surface area contributed by atoms with Gasteiger partial charge in [-0.1, -0.05) is 36.4 Å². The number of carbonyl (C=O) groups is 2. The van der Waals surface area contributed by atoms with Gasteiger partial charge in [0.05, 0.1) is 12.5 Å². The van der Waals surface area contributed by atoms with Crippen LogP contribution in [0.25, 0.3) is 0 Å². The number of halogens is 1. The second-order valence-corrected chi connectivity index (χ2v) is 5.96. The molecule has 2 aromatic carbocycles. The van der Waals surface area contributed by atoms with Gasteiger partial charge in [-0.15, -0.1) is 12.4 Å². The molecule has 6 N–H and O–H groups in total. The van der Waals surface area contributed by atoms with Gasteiger partial charge in [0.15, 0.2) is 0 Å². The molecular formula is C19H25ClN4O2. The minimum absolute atomic E-state index is 0. The van der Waals surface area contributed by atoms with Gasteiger partial charge in [-0.2, -0.15) is 0 Å². The summed E-state index contributed by atoms with van der Waals surface area (Å²) in [6.07, 6.45) is 0.847. The highest BCUT2D eigenvalue weighted by Gasteiger charge is 2.18. The summed E-state index contributed by atoms with van der Waals surface area (Å²) in [6.45, 7) is 2.45. The summed E-state index contributed by atoms with van der Waals surface area (Å²) in [7, 11) is 0. The molecule has 2 rings (SSSR count). The van der Waals surface area contributed by atoms with Crippen LogP contribution in [-0.2, 0) is 11.2 Å². The lowest BCUT2D eigenvalue weighted by atomic mass is 9.98. The van der Waals surface area contributed by atoms with E-state index in [1.54, 1.807) is 0 Å². The molecule has 0 spiro atoms. The number of hydrogen-bond acceptors (Lipinski definition) is 3. The van der Waals surface area contributed by atoms with Gasteiger partial charge in [-0.25, -0.2) is 4.79 Å². The van der Waals surface area contributed by atoms with Crippen LogP contribution in [0.15, 0.2) is 48.5 Å². The zero-order valence-corrected chi connectivity index (χ0v) is 15.5. The Balaban J connectivity index is 0.00000338. The molecule has 3 amide bonds. The monoisotopic (exact) mass is 376 g/mol. The molecule has 0 aliphatic carbocycles. The van der Waals surface area contributed by atoms with Crippen LogP contribution >= 0.6 is 12.4 Å². The van der Waals surface area contributed by atoms with E-state index >= 15 is 0 Å². The molecule has 0 aliphatic heterocycles. The average Bonchev–Trinajstić information content (AvgIpc) is 2.56. The standard InChI is InChI=1S/C19H24N4O2.ClH/c1-13-4-2-3-5-16(13)17(23-19(21)25)12-18(24)22-11-10-14-6-8-15(20)9-7-14;/h2-9,17H,10-12,20H2,1H3,(H,22,24)(H3,21,23,25);1H. The number of hydrogen-bond donors (Lipinski definition) is 4. The van der Waals surface area contributed by atoms with E-state index in [0.717, 1.165) is 16.7 Å². The van der Waals surface area contributed by atoms with E-state index < -0.39 is 12.1 Å². The van der Waals surface area contributed by atoms with E-state index in [0.29, 0.717) is 18.7 Å². The second-order valence-electron chi connectivity index (χ2n) is 5.96. The number of nitrogen functional groups attached to an aromatic ring is 1. The molecule has 6 nitrogen and oxygen atoms in total. The van der Waals surface area contributed by atoms with Crippen LogP contribution in [0.5, 0.6) is 0 Å². The van der Waals surface area contributed by atoms with Crippen LogP contribution in [0.2, 0.25) is 0 Å². The zero-order valence-electron chi connectivity index (χ0n) is 14.7. The fraction of sp³-hybridized carbons (Fsp3) is 0.263. The van der Waals surface area contributed by atoms with E-state index in [1.165, 1.54) is 0 Å². The molecule has 0 radical (unpaired) electrons. The quantitative estimate of drug-likeness (QED) is 0.557. The van der Waals surface area contributed by atoms with Crippen molar-refractivity contribution in [2.75, 3.05) is 12.3 Å². The predicted molar refractivity (Wildman–Crippen MR) is 106 cm³/mol. The van der Waals surface area contributed by atoms with E-state index in [9.17, 15) is 9.59 Å². The first-order valence-electron chi connectivity index (χ1n) is 8.18. The van der Waals surface area contributed by atoms with Gasteiger partial charge < -0.3 is 22.1 Å². The first kappa shape index (κ1) is 21.3. The molecule has 0 bridgehead atoms. The highest BCUT2D eigenvalue weighted by atomic mass is 35.5. The van der Waals surface area contributed by atoms with Crippen molar-refractivity contribution < 1.29 is 9.59 Å². The van der Waals surface area contributed by atoms with E-state index in [-0.39, 0.29) is 24.7 Å². The van der Waals surface area contributed by atoms with Crippen molar-refractivity contribution in [2.24, 2.45) is 5.73 Å². The number of benzene rings is 2. The normalized spacial score (nSPS) is 11.1. The average molecular weight is 377 g/mol. The molecule has 140 valence electrons. The van der Waals surface area contributed by atoms with Gasteiger partial charge in [0, 0.05) is 12.2 Å². The highest BCUT2D eigenvalue weighted by molar-refractivity contribution is 5.85. The third-order valence-electron chi connectivity index (χ3n) is 3.99. The summed E-state index contributed by atoms with van der Waals surface area (Å²) in [5.41, 5.74) is 14.6. The fourth-order valence-corrected chi connectivity index (χ4v) is 2.68. The largest absolute Gasteiger partial charge is 0.399 e. The Morgan fingerprint density at radius 1 is 1.08 bits per heavy atom. The summed E-state index contributed by atoms with van der Waals surface area (Å²) in [6, 6.07) is 14.0. The zero-order chi connectivity index (χ0) is 18.2. The van der Waals surface area contributed by atoms with Crippen molar-refractivity contribution in [1.29, 1.82) is 0 Å². The number of primary amides is 1. The van der Waals surface area contributed by atoms with Crippen LogP contribution in [0.1, 0.15) is 29.2 Å². The number of anilines is 1. The Morgan fingerprint density at radius 2 is 1.73 bits per heavy atom. The number of carbonyl (C=O) groups excluding carboxylic acids is 2. The molecule has 7 heteroatoms. The Bertz CT molecular complexity index is 735. The lowest BCUT2D eigenvalue weighted by Gasteiger charge is -2.19. The van der Waals surface area contributed by atoms with Crippen LogP contribution in [-0.4, -0.2) is 18.5 Å². The van der Waals surface area contributed by atoms with E-state index in [2.05, 4.69) is 10.6 Å².